The molecular weight excluding hydrogens is 382 g/mol. The summed E-state index contributed by atoms with van der Waals surface area (Å²) in [6, 6.07) is 7.27. The highest BCUT2D eigenvalue weighted by atomic mass is 16.6. The van der Waals surface area contributed by atoms with E-state index >= 15 is 0 Å². The minimum atomic E-state index is -0.838. The van der Waals surface area contributed by atoms with Gasteiger partial charge in [0, 0.05) is 35.1 Å². The molecule has 0 saturated heterocycles. The summed E-state index contributed by atoms with van der Waals surface area (Å²) in [5, 5.41) is 2.65. The zero-order valence-corrected chi connectivity index (χ0v) is 18.9. The second kappa shape index (κ2) is 9.87. The molecule has 1 unspecified atom stereocenters. The van der Waals surface area contributed by atoms with Gasteiger partial charge in [0.2, 0.25) is 0 Å². The van der Waals surface area contributed by atoms with Gasteiger partial charge in [0.15, 0.2) is 0 Å². The van der Waals surface area contributed by atoms with Crippen LogP contribution in [0.1, 0.15) is 71.5 Å². The molecule has 0 saturated carbocycles. The Labute approximate surface area is 178 Å². The molecule has 166 valence electrons. The largest absolute Gasteiger partial charge is 0.464 e. The maximum absolute atomic E-state index is 12.4. The predicted octanol–water partition coefficient (Wildman–Crippen LogP) is 4.45. The Hall–Kier alpha value is -2.70. The second-order valence-corrected chi connectivity index (χ2v) is 8.43. The third-order valence-electron chi connectivity index (χ3n) is 5.27. The van der Waals surface area contributed by atoms with E-state index in [9.17, 15) is 9.59 Å². The third kappa shape index (κ3) is 5.68. The van der Waals surface area contributed by atoms with Crippen molar-refractivity contribution in [3.8, 4) is 0 Å². The van der Waals surface area contributed by atoms with Crippen molar-refractivity contribution in [2.24, 2.45) is 0 Å². The highest BCUT2D eigenvalue weighted by Gasteiger charge is 2.33. The molecule has 2 heterocycles. The minimum Gasteiger partial charge on any atom is -0.464 e. The molecule has 0 aliphatic carbocycles. The SMILES string of the molecule is CCOC(=O)C(Cc1ccc(C(CC)(CC)c2ccc[nH]2)[nH]1)NC(=O)OC(C)(C)C. The van der Waals surface area contributed by atoms with Crippen LogP contribution < -0.4 is 5.32 Å². The first-order valence-corrected chi connectivity index (χ1v) is 10.6. The summed E-state index contributed by atoms with van der Waals surface area (Å²) < 4.78 is 10.5. The van der Waals surface area contributed by atoms with Gasteiger partial charge in [-0.05, 0) is 64.8 Å². The van der Waals surface area contributed by atoms with Crippen molar-refractivity contribution < 1.29 is 19.1 Å². The lowest BCUT2D eigenvalue weighted by Gasteiger charge is -2.30. The van der Waals surface area contributed by atoms with E-state index in [0.717, 1.165) is 29.9 Å². The molecule has 1 atom stereocenters. The Morgan fingerprint density at radius 3 is 2.30 bits per heavy atom. The topological polar surface area (TPSA) is 96.2 Å². The normalized spacial score (nSPS) is 13.0. The number of carbonyl (C=O) groups excluding carboxylic acids is 2. The number of amides is 1. The number of carbonyl (C=O) groups is 2. The molecular formula is C23H35N3O4. The zero-order chi connectivity index (χ0) is 22.4. The molecule has 2 aromatic rings. The summed E-state index contributed by atoms with van der Waals surface area (Å²) in [5.41, 5.74) is 2.25. The summed E-state index contributed by atoms with van der Waals surface area (Å²) >= 11 is 0. The Bertz CT molecular complexity index is 814. The van der Waals surface area contributed by atoms with Crippen molar-refractivity contribution in [1.82, 2.24) is 15.3 Å². The van der Waals surface area contributed by atoms with Crippen LogP contribution in [0, 0.1) is 0 Å². The second-order valence-electron chi connectivity index (χ2n) is 8.43. The molecule has 30 heavy (non-hydrogen) atoms. The van der Waals surface area contributed by atoms with Crippen molar-refractivity contribution in [1.29, 1.82) is 0 Å². The number of aromatic amines is 2. The summed E-state index contributed by atoms with van der Waals surface area (Å²) in [6.07, 6.45) is 3.41. The molecule has 2 aromatic heterocycles. The predicted molar refractivity (Wildman–Crippen MR) is 116 cm³/mol. The molecule has 0 aromatic carbocycles. The van der Waals surface area contributed by atoms with Gasteiger partial charge in [0.05, 0.1) is 6.61 Å². The molecule has 0 aliphatic rings. The average Bonchev–Trinajstić information content (AvgIpc) is 3.35. The molecule has 1 amide bonds. The van der Waals surface area contributed by atoms with Crippen molar-refractivity contribution in [3.63, 3.8) is 0 Å². The molecule has 3 N–H and O–H groups in total. The van der Waals surface area contributed by atoms with Gasteiger partial charge in [-0.3, -0.25) is 0 Å². The molecule has 0 radical (unpaired) electrons. The number of H-pyrrole nitrogens is 2. The number of esters is 1. The van der Waals surface area contributed by atoms with Gasteiger partial charge in [-0.1, -0.05) is 13.8 Å². The van der Waals surface area contributed by atoms with Crippen molar-refractivity contribution in [2.75, 3.05) is 6.61 Å². The molecule has 0 aliphatic heterocycles. The van der Waals surface area contributed by atoms with E-state index in [1.165, 1.54) is 0 Å². The Balaban J connectivity index is 2.23. The van der Waals surface area contributed by atoms with Crippen LogP contribution in [0.4, 0.5) is 4.79 Å². The van der Waals surface area contributed by atoms with Crippen LogP contribution in [0.15, 0.2) is 30.5 Å². The maximum Gasteiger partial charge on any atom is 0.408 e. The van der Waals surface area contributed by atoms with Crippen molar-refractivity contribution in [2.45, 2.75) is 77.9 Å². The zero-order valence-electron chi connectivity index (χ0n) is 18.9. The monoisotopic (exact) mass is 417 g/mol. The number of rotatable bonds is 9. The lowest BCUT2D eigenvalue weighted by atomic mass is 9.76. The number of ether oxygens (including phenoxy) is 2. The van der Waals surface area contributed by atoms with E-state index in [-0.39, 0.29) is 18.4 Å². The van der Waals surface area contributed by atoms with Gasteiger partial charge in [-0.2, -0.15) is 0 Å². The van der Waals surface area contributed by atoms with Gasteiger partial charge < -0.3 is 24.8 Å². The molecule has 2 rings (SSSR count). The first kappa shape index (κ1) is 23.6. The highest BCUT2D eigenvalue weighted by molar-refractivity contribution is 5.81. The quantitative estimate of drug-likeness (QED) is 0.525. The third-order valence-corrected chi connectivity index (χ3v) is 5.27. The summed E-state index contributed by atoms with van der Waals surface area (Å²) in [6.45, 7) is 11.6. The number of hydrogen-bond acceptors (Lipinski definition) is 4. The van der Waals surface area contributed by atoms with E-state index in [2.05, 4.69) is 41.3 Å². The highest BCUT2D eigenvalue weighted by Crippen LogP contribution is 2.37. The van der Waals surface area contributed by atoms with Crippen LogP contribution in [0.5, 0.6) is 0 Å². The van der Waals surface area contributed by atoms with Gasteiger partial charge in [-0.15, -0.1) is 0 Å². The number of alkyl carbamates (subject to hydrolysis) is 1. The van der Waals surface area contributed by atoms with Crippen LogP contribution in [-0.2, 0) is 26.1 Å². The van der Waals surface area contributed by atoms with Crippen molar-refractivity contribution in [3.05, 3.63) is 47.5 Å². The first-order valence-electron chi connectivity index (χ1n) is 10.6. The van der Waals surface area contributed by atoms with Crippen LogP contribution in [0.2, 0.25) is 0 Å². The Morgan fingerprint density at radius 1 is 1.07 bits per heavy atom. The maximum atomic E-state index is 12.4. The molecule has 0 bridgehead atoms. The van der Waals surface area contributed by atoms with E-state index in [1.807, 2.05) is 18.3 Å². The lowest BCUT2D eigenvalue weighted by molar-refractivity contribution is -0.145. The summed E-state index contributed by atoms with van der Waals surface area (Å²) in [5.74, 6) is -0.485. The number of aromatic nitrogens is 2. The molecule has 0 fully saturated rings. The summed E-state index contributed by atoms with van der Waals surface area (Å²) in [4.78, 5) is 31.5. The first-order chi connectivity index (χ1) is 14.1. The molecule has 7 nitrogen and oxygen atoms in total. The van der Waals surface area contributed by atoms with Gasteiger partial charge in [0.1, 0.15) is 11.6 Å². The van der Waals surface area contributed by atoms with Gasteiger partial charge in [0.25, 0.3) is 0 Å². The molecule has 7 heteroatoms. The average molecular weight is 418 g/mol. The number of hydrogen-bond donors (Lipinski definition) is 3. The lowest BCUT2D eigenvalue weighted by Crippen LogP contribution is -2.45. The minimum absolute atomic E-state index is 0.167. The van der Waals surface area contributed by atoms with Crippen LogP contribution >= 0.6 is 0 Å². The Kier molecular flexibility index (Phi) is 7.76. The van der Waals surface area contributed by atoms with Crippen LogP contribution in [0.25, 0.3) is 0 Å². The fraction of sp³-hybridized carbons (Fsp3) is 0.565. The van der Waals surface area contributed by atoms with Crippen LogP contribution in [-0.4, -0.2) is 40.3 Å². The van der Waals surface area contributed by atoms with Crippen LogP contribution in [0.3, 0.4) is 0 Å². The van der Waals surface area contributed by atoms with E-state index in [0.29, 0.717) is 0 Å². The van der Waals surface area contributed by atoms with E-state index in [1.54, 1.807) is 27.7 Å². The Morgan fingerprint density at radius 2 is 1.77 bits per heavy atom. The van der Waals surface area contributed by atoms with E-state index < -0.39 is 23.7 Å². The fourth-order valence-corrected chi connectivity index (χ4v) is 3.73. The molecule has 0 spiro atoms. The number of nitrogens with one attached hydrogen (secondary N) is 3. The standard InChI is InChI=1S/C23H35N3O4/c1-7-23(8-2,18-11-10-14-24-18)19-13-12-16(25-19)15-17(20(27)29-9-3)26-21(28)30-22(4,5)6/h10-14,17,24-25H,7-9,15H2,1-6H3,(H,26,28). The van der Waals surface area contributed by atoms with E-state index in [4.69, 9.17) is 9.47 Å². The van der Waals surface area contributed by atoms with Gasteiger partial charge >= 0.3 is 12.1 Å². The fourth-order valence-electron chi connectivity index (χ4n) is 3.73. The van der Waals surface area contributed by atoms with Gasteiger partial charge in [-0.25, -0.2) is 9.59 Å². The smallest absolute Gasteiger partial charge is 0.408 e. The summed E-state index contributed by atoms with van der Waals surface area (Å²) in [7, 11) is 0. The van der Waals surface area contributed by atoms with Crippen molar-refractivity contribution >= 4 is 12.1 Å².